The van der Waals surface area contributed by atoms with Gasteiger partial charge in [0, 0.05) is 24.9 Å². The molecule has 0 bridgehead atoms. The molecule has 0 amide bonds. The number of nitrogens with one attached hydrogen (secondary N) is 2. The molecular formula is C13H22N2O3S. The second kappa shape index (κ2) is 7.47. The summed E-state index contributed by atoms with van der Waals surface area (Å²) in [6.45, 7) is 4.44. The summed E-state index contributed by atoms with van der Waals surface area (Å²) in [7, 11) is -3.40. The zero-order valence-corrected chi connectivity index (χ0v) is 12.2. The summed E-state index contributed by atoms with van der Waals surface area (Å²) in [4.78, 5) is 0.265. The molecule has 0 radical (unpaired) electrons. The number of sulfonamides is 1. The molecule has 0 fully saturated rings. The lowest BCUT2D eigenvalue weighted by Crippen LogP contribution is -2.24. The topological polar surface area (TPSA) is 78.4 Å². The second-order valence-corrected chi connectivity index (χ2v) is 6.25. The fraction of sp³-hybridized carbons (Fsp3) is 0.538. The molecular weight excluding hydrogens is 264 g/mol. The first kappa shape index (κ1) is 15.9. The Balaban J connectivity index is 2.71. The van der Waals surface area contributed by atoms with Crippen LogP contribution in [0.4, 0.5) is 5.69 Å². The van der Waals surface area contributed by atoms with E-state index in [0.29, 0.717) is 13.0 Å². The average Bonchev–Trinajstić information content (AvgIpc) is 2.37. The predicted octanol–water partition coefficient (Wildman–Crippen LogP) is 1.56. The molecule has 0 spiro atoms. The van der Waals surface area contributed by atoms with Crippen molar-refractivity contribution < 1.29 is 13.5 Å². The van der Waals surface area contributed by atoms with Crippen molar-refractivity contribution in [3.63, 3.8) is 0 Å². The number of rotatable bonds is 8. The molecule has 1 rings (SSSR count). The fourth-order valence-corrected chi connectivity index (χ4v) is 2.73. The lowest BCUT2D eigenvalue weighted by Gasteiger charge is -2.14. The van der Waals surface area contributed by atoms with Crippen LogP contribution in [-0.4, -0.2) is 32.7 Å². The van der Waals surface area contributed by atoms with Crippen molar-refractivity contribution in [3.05, 3.63) is 24.3 Å². The molecule has 0 saturated heterocycles. The van der Waals surface area contributed by atoms with Gasteiger partial charge in [0.25, 0.3) is 0 Å². The van der Waals surface area contributed by atoms with Gasteiger partial charge in [0.05, 0.1) is 4.90 Å². The van der Waals surface area contributed by atoms with Gasteiger partial charge in [0.1, 0.15) is 0 Å². The summed E-state index contributed by atoms with van der Waals surface area (Å²) in [6, 6.07) is 6.76. The third kappa shape index (κ3) is 5.18. The summed E-state index contributed by atoms with van der Waals surface area (Å²) in [6.07, 6.45) is 1.41. The maximum Gasteiger partial charge on any atom is 0.240 e. The van der Waals surface area contributed by atoms with Crippen molar-refractivity contribution in [1.29, 1.82) is 0 Å². The monoisotopic (exact) mass is 286 g/mol. The Hall–Kier alpha value is -1.11. The first-order chi connectivity index (χ1) is 8.99. The van der Waals surface area contributed by atoms with Crippen LogP contribution in [0.2, 0.25) is 0 Å². The molecule has 5 nitrogen and oxygen atoms in total. The van der Waals surface area contributed by atoms with Crippen LogP contribution in [0, 0.1) is 0 Å². The van der Waals surface area contributed by atoms with Gasteiger partial charge in [-0.25, -0.2) is 13.1 Å². The van der Waals surface area contributed by atoms with Gasteiger partial charge in [-0.3, -0.25) is 0 Å². The Bertz CT molecular complexity index is 471. The lowest BCUT2D eigenvalue weighted by molar-refractivity contribution is 0.282. The second-order valence-electron chi connectivity index (χ2n) is 4.48. The molecule has 1 atom stereocenters. The summed E-state index contributed by atoms with van der Waals surface area (Å²) in [5.74, 6) is 0. The molecule has 1 unspecified atom stereocenters. The number of aliphatic hydroxyl groups excluding tert-OH is 1. The van der Waals surface area contributed by atoms with Gasteiger partial charge < -0.3 is 10.4 Å². The van der Waals surface area contributed by atoms with Crippen LogP contribution < -0.4 is 10.0 Å². The Labute approximate surface area is 115 Å². The Morgan fingerprint density at radius 1 is 1.26 bits per heavy atom. The fourth-order valence-electron chi connectivity index (χ4n) is 1.60. The molecule has 0 aliphatic rings. The summed E-state index contributed by atoms with van der Waals surface area (Å²) >= 11 is 0. The normalized spacial score (nSPS) is 13.2. The summed E-state index contributed by atoms with van der Waals surface area (Å²) in [5, 5.41) is 12.0. The molecule has 1 aromatic carbocycles. The van der Waals surface area contributed by atoms with Crippen LogP contribution in [0.1, 0.15) is 26.7 Å². The number of hydrogen-bond acceptors (Lipinski definition) is 4. The highest BCUT2D eigenvalue weighted by atomic mass is 32.2. The van der Waals surface area contributed by atoms with Crippen LogP contribution in [0.5, 0.6) is 0 Å². The van der Waals surface area contributed by atoms with Gasteiger partial charge in [0.15, 0.2) is 0 Å². The van der Waals surface area contributed by atoms with Crippen molar-refractivity contribution in [2.75, 3.05) is 18.5 Å². The maximum absolute atomic E-state index is 11.9. The Kier molecular flexibility index (Phi) is 6.27. The smallest absolute Gasteiger partial charge is 0.240 e. The molecule has 3 N–H and O–H groups in total. The number of benzene rings is 1. The number of anilines is 1. The highest BCUT2D eigenvalue weighted by Gasteiger charge is 2.12. The average molecular weight is 286 g/mol. The number of hydrogen-bond donors (Lipinski definition) is 3. The number of aliphatic hydroxyl groups is 1. The quantitative estimate of drug-likeness (QED) is 0.677. The van der Waals surface area contributed by atoms with Crippen molar-refractivity contribution in [3.8, 4) is 0 Å². The lowest BCUT2D eigenvalue weighted by atomic mass is 10.2. The molecule has 19 heavy (non-hydrogen) atoms. The van der Waals surface area contributed by atoms with E-state index in [0.717, 1.165) is 12.1 Å². The minimum Gasteiger partial charge on any atom is -0.396 e. The van der Waals surface area contributed by atoms with Crippen LogP contribution in [-0.2, 0) is 10.0 Å². The van der Waals surface area contributed by atoms with E-state index in [1.807, 2.05) is 13.8 Å². The van der Waals surface area contributed by atoms with Crippen LogP contribution in [0.3, 0.4) is 0 Å². The molecule has 0 saturated carbocycles. The molecule has 6 heteroatoms. The summed E-state index contributed by atoms with van der Waals surface area (Å²) in [5.41, 5.74) is 0.843. The van der Waals surface area contributed by atoms with Gasteiger partial charge >= 0.3 is 0 Å². The van der Waals surface area contributed by atoms with Gasteiger partial charge in [-0.1, -0.05) is 6.92 Å². The molecule has 0 aliphatic carbocycles. The zero-order valence-electron chi connectivity index (χ0n) is 11.4. The van der Waals surface area contributed by atoms with E-state index in [-0.39, 0.29) is 17.5 Å². The third-order valence-electron chi connectivity index (χ3n) is 2.68. The van der Waals surface area contributed by atoms with Crippen molar-refractivity contribution >= 4 is 15.7 Å². The minimum absolute atomic E-state index is 0.127. The first-order valence-corrected chi connectivity index (χ1v) is 7.95. The SMILES string of the molecule is CCCNS(=O)(=O)c1ccc(NC(C)CCO)cc1. The van der Waals surface area contributed by atoms with E-state index in [9.17, 15) is 8.42 Å². The third-order valence-corrected chi connectivity index (χ3v) is 4.16. The molecule has 0 heterocycles. The van der Waals surface area contributed by atoms with Crippen molar-refractivity contribution in [2.45, 2.75) is 37.6 Å². The summed E-state index contributed by atoms with van der Waals surface area (Å²) < 4.78 is 26.2. The molecule has 0 aliphatic heterocycles. The minimum atomic E-state index is -3.40. The van der Waals surface area contributed by atoms with Crippen LogP contribution in [0.25, 0.3) is 0 Å². The van der Waals surface area contributed by atoms with E-state index in [1.54, 1.807) is 24.3 Å². The van der Waals surface area contributed by atoms with E-state index >= 15 is 0 Å². The largest absolute Gasteiger partial charge is 0.396 e. The van der Waals surface area contributed by atoms with Crippen LogP contribution >= 0.6 is 0 Å². The highest BCUT2D eigenvalue weighted by molar-refractivity contribution is 7.89. The van der Waals surface area contributed by atoms with Gasteiger partial charge in [0.2, 0.25) is 10.0 Å². The van der Waals surface area contributed by atoms with E-state index in [2.05, 4.69) is 10.0 Å². The molecule has 1 aromatic rings. The van der Waals surface area contributed by atoms with Crippen LogP contribution in [0.15, 0.2) is 29.2 Å². The molecule has 108 valence electrons. The van der Waals surface area contributed by atoms with Gasteiger partial charge in [-0.2, -0.15) is 0 Å². The van der Waals surface area contributed by atoms with E-state index in [1.165, 1.54) is 0 Å². The van der Waals surface area contributed by atoms with Gasteiger partial charge in [-0.15, -0.1) is 0 Å². The highest BCUT2D eigenvalue weighted by Crippen LogP contribution is 2.15. The Morgan fingerprint density at radius 2 is 1.89 bits per heavy atom. The Morgan fingerprint density at radius 3 is 2.42 bits per heavy atom. The first-order valence-electron chi connectivity index (χ1n) is 6.46. The van der Waals surface area contributed by atoms with Crippen molar-refractivity contribution in [2.24, 2.45) is 0 Å². The zero-order chi connectivity index (χ0) is 14.3. The predicted molar refractivity (Wildman–Crippen MR) is 76.7 cm³/mol. The molecule has 0 aromatic heterocycles. The van der Waals surface area contributed by atoms with Crippen molar-refractivity contribution in [1.82, 2.24) is 4.72 Å². The standard InChI is InChI=1S/C13H22N2O3S/c1-3-9-14-19(17,18)13-6-4-12(5-7-13)15-11(2)8-10-16/h4-7,11,14-16H,3,8-10H2,1-2H3. The van der Waals surface area contributed by atoms with E-state index < -0.39 is 10.0 Å². The van der Waals surface area contributed by atoms with Gasteiger partial charge in [-0.05, 0) is 44.0 Å². The van der Waals surface area contributed by atoms with E-state index in [4.69, 9.17) is 5.11 Å². The maximum atomic E-state index is 11.9.